The predicted molar refractivity (Wildman–Crippen MR) is 121 cm³/mol. The fourth-order valence-corrected chi connectivity index (χ4v) is 4.44. The average Bonchev–Trinajstić information content (AvgIpc) is 2.93. The van der Waals surface area contributed by atoms with Crippen molar-refractivity contribution in [1.29, 1.82) is 0 Å². The van der Waals surface area contributed by atoms with E-state index < -0.39 is 59.9 Å². The normalized spacial score (nSPS) is 21.0. The van der Waals surface area contributed by atoms with Crippen molar-refractivity contribution in [2.24, 2.45) is 0 Å². The summed E-state index contributed by atoms with van der Waals surface area (Å²) in [7, 11) is 0. The van der Waals surface area contributed by atoms with Crippen LogP contribution in [0, 0.1) is 0 Å². The van der Waals surface area contributed by atoms with Crippen molar-refractivity contribution in [3.63, 3.8) is 0 Å². The number of fused-ring (bicyclic) bond motifs is 1. The number of rotatable bonds is 7. The molecule has 14 heteroatoms. The summed E-state index contributed by atoms with van der Waals surface area (Å²) in [5, 5.41) is 23.4. The Balaban J connectivity index is 1.83. The van der Waals surface area contributed by atoms with E-state index in [2.05, 4.69) is 10.6 Å². The van der Waals surface area contributed by atoms with Gasteiger partial charge in [0.15, 0.2) is 5.75 Å². The molecular formula is C21H23Cl2N4O8+. The topological polar surface area (TPSA) is 176 Å². The lowest BCUT2D eigenvalue weighted by Gasteiger charge is -2.43. The highest BCUT2D eigenvalue weighted by Gasteiger charge is 2.45. The Morgan fingerprint density at radius 2 is 1.86 bits per heavy atom. The molecule has 0 radical (unpaired) electrons. The molecule has 5 N–H and O–H groups in total. The van der Waals surface area contributed by atoms with Crippen LogP contribution in [-0.2, 0) is 24.0 Å². The number of aldehydes is 1. The minimum atomic E-state index is -1.25. The second kappa shape index (κ2) is 10.9. The third-order valence-electron chi connectivity index (χ3n) is 5.65. The minimum absolute atomic E-state index is 0.0279. The molecule has 0 bridgehead atoms. The Hall–Kier alpha value is -3.38. The number of nitrogens with one attached hydrogen (secondary N) is 2. The highest BCUT2D eigenvalue weighted by Crippen LogP contribution is 2.33. The molecule has 2 saturated heterocycles. The van der Waals surface area contributed by atoms with Gasteiger partial charge in [-0.2, -0.15) is 0 Å². The molecule has 3 rings (SSSR count). The van der Waals surface area contributed by atoms with Crippen LogP contribution in [0.3, 0.4) is 0 Å². The molecule has 4 amide bonds. The van der Waals surface area contributed by atoms with Crippen LogP contribution < -0.4 is 10.6 Å². The van der Waals surface area contributed by atoms with E-state index >= 15 is 0 Å². The number of amides is 4. The Kier molecular flexibility index (Phi) is 8.18. The van der Waals surface area contributed by atoms with Crippen LogP contribution in [0.5, 0.6) is 5.75 Å². The maximum absolute atomic E-state index is 13.4. The van der Waals surface area contributed by atoms with Gasteiger partial charge in [0.2, 0.25) is 11.8 Å². The van der Waals surface area contributed by atoms with Gasteiger partial charge >= 0.3 is 5.97 Å². The molecule has 0 saturated carbocycles. The molecule has 2 fully saturated rings. The first kappa shape index (κ1) is 26.2. The second-order valence-corrected chi connectivity index (χ2v) is 8.90. The third kappa shape index (κ3) is 5.82. The summed E-state index contributed by atoms with van der Waals surface area (Å²) in [5.41, 5.74) is -0.0279. The van der Waals surface area contributed by atoms with Crippen molar-refractivity contribution in [1.82, 2.24) is 20.7 Å². The zero-order valence-corrected chi connectivity index (χ0v) is 19.8. The van der Waals surface area contributed by atoms with E-state index in [1.165, 1.54) is 12.1 Å². The van der Waals surface area contributed by atoms with Gasteiger partial charge in [0.05, 0.1) is 10.0 Å². The molecule has 1 aromatic carbocycles. The van der Waals surface area contributed by atoms with E-state index in [9.17, 15) is 33.9 Å². The summed E-state index contributed by atoms with van der Waals surface area (Å²) in [4.78, 5) is 74.1. The number of hydrogen-bond acceptors (Lipinski definition) is 7. The van der Waals surface area contributed by atoms with Gasteiger partial charge in [-0.05, 0) is 31.4 Å². The van der Waals surface area contributed by atoms with Crippen molar-refractivity contribution in [3.8, 4) is 5.75 Å². The summed E-state index contributed by atoms with van der Waals surface area (Å²) in [6, 6.07) is -1.26. The monoisotopic (exact) mass is 529 g/mol. The first-order valence-corrected chi connectivity index (χ1v) is 11.4. The van der Waals surface area contributed by atoms with Crippen molar-refractivity contribution < 1.29 is 39.0 Å². The summed E-state index contributed by atoms with van der Waals surface area (Å²) < 4.78 is 0. The average molecular weight is 530 g/mol. The number of aromatic hydroxyl groups is 1. The van der Waals surface area contributed by atoms with Crippen LogP contribution in [0.1, 0.15) is 42.5 Å². The van der Waals surface area contributed by atoms with Crippen LogP contribution in [0.25, 0.3) is 0 Å². The number of phenolic OH excluding ortho intramolecular Hbond substituents is 1. The number of halogens is 2. The third-order valence-corrected chi connectivity index (χ3v) is 6.22. The van der Waals surface area contributed by atoms with E-state index in [0.29, 0.717) is 12.7 Å². The summed E-state index contributed by atoms with van der Waals surface area (Å²) in [6.07, 6.45) is 0.244. The fourth-order valence-electron chi connectivity index (χ4n) is 3.96. The maximum atomic E-state index is 13.4. The fraction of sp³-hybridized carbons (Fsp3) is 0.429. The molecule has 1 aromatic rings. The molecule has 0 aromatic heterocycles. The van der Waals surface area contributed by atoms with Crippen molar-refractivity contribution in [2.45, 2.75) is 50.2 Å². The molecule has 0 aliphatic carbocycles. The highest BCUT2D eigenvalue weighted by atomic mass is 35.5. The lowest BCUT2D eigenvalue weighted by Crippen LogP contribution is -2.64. The van der Waals surface area contributed by atoms with Crippen LogP contribution in [0.4, 0.5) is 0 Å². The number of nitrogens with zero attached hydrogens (tertiary/aromatic N) is 2. The first-order valence-electron chi connectivity index (χ1n) is 10.7. The smallest absolute Gasteiger partial charge is 0.518 e. The Morgan fingerprint density at radius 1 is 1.20 bits per heavy atom. The van der Waals surface area contributed by atoms with E-state index in [-0.39, 0.29) is 41.4 Å². The summed E-state index contributed by atoms with van der Waals surface area (Å²) in [5.74, 6) is -4.08. The molecule has 2 aliphatic rings. The number of hydrazine groups is 1. The Morgan fingerprint density at radius 3 is 2.46 bits per heavy atom. The van der Waals surface area contributed by atoms with Crippen molar-refractivity contribution in [2.75, 3.05) is 6.54 Å². The maximum Gasteiger partial charge on any atom is 0.518 e. The van der Waals surface area contributed by atoms with Crippen LogP contribution in [-0.4, -0.2) is 80.8 Å². The van der Waals surface area contributed by atoms with Gasteiger partial charge in [-0.3, -0.25) is 24.2 Å². The minimum Gasteiger partial charge on any atom is -0.565 e. The number of hydrogen-bond donors (Lipinski definition) is 3. The Bertz CT molecular complexity index is 1060. The van der Waals surface area contributed by atoms with Gasteiger partial charge in [0.1, 0.15) is 30.8 Å². The van der Waals surface area contributed by atoms with E-state index in [4.69, 9.17) is 28.3 Å². The van der Waals surface area contributed by atoms with Gasteiger partial charge < -0.3 is 25.6 Å². The number of phenols is 1. The van der Waals surface area contributed by atoms with Gasteiger partial charge in [-0.15, -0.1) is 0 Å². The molecule has 12 nitrogen and oxygen atoms in total. The molecule has 0 spiro atoms. The van der Waals surface area contributed by atoms with Crippen LogP contribution in [0.2, 0.25) is 10.0 Å². The van der Waals surface area contributed by atoms with Crippen molar-refractivity contribution >= 4 is 59.1 Å². The molecule has 2 aliphatic heterocycles. The van der Waals surface area contributed by atoms with Crippen LogP contribution >= 0.6 is 23.2 Å². The summed E-state index contributed by atoms with van der Waals surface area (Å²) >= 11 is 11.7. The quantitative estimate of drug-likeness (QED) is 0.319. The first-order chi connectivity index (χ1) is 16.5. The largest absolute Gasteiger partial charge is 0.565 e. The lowest BCUT2D eigenvalue weighted by molar-refractivity contribution is -0.176. The SMILES string of the molecule is O=C[C@H](CC(=O)[OH2+])NC(=O)[C@@H]1CCCN2C(=O)CC[C@H](NC(=O)c3cc(Cl)c(O)c(Cl)c3)C(=O)N12. The molecule has 0 unspecified atom stereocenters. The van der Waals surface area contributed by atoms with Gasteiger partial charge in [0.25, 0.3) is 11.8 Å². The highest BCUT2D eigenvalue weighted by molar-refractivity contribution is 6.37. The van der Waals surface area contributed by atoms with E-state index in [1.807, 2.05) is 0 Å². The van der Waals surface area contributed by atoms with Crippen LogP contribution in [0.15, 0.2) is 12.1 Å². The van der Waals surface area contributed by atoms with Gasteiger partial charge in [-0.25, -0.2) is 5.01 Å². The molecule has 35 heavy (non-hydrogen) atoms. The molecule has 2 heterocycles. The molecule has 3 atom stereocenters. The molecule has 188 valence electrons. The second-order valence-electron chi connectivity index (χ2n) is 8.09. The zero-order chi connectivity index (χ0) is 25.9. The summed E-state index contributed by atoms with van der Waals surface area (Å²) in [6.45, 7) is 0.181. The molecular weight excluding hydrogens is 507 g/mol. The van der Waals surface area contributed by atoms with E-state index in [1.54, 1.807) is 0 Å². The Labute approximate surface area is 209 Å². The van der Waals surface area contributed by atoms with Gasteiger partial charge in [0, 0.05) is 23.3 Å². The van der Waals surface area contributed by atoms with Gasteiger partial charge in [-0.1, -0.05) is 23.2 Å². The van der Waals surface area contributed by atoms with Crippen molar-refractivity contribution in [3.05, 3.63) is 27.7 Å². The zero-order valence-electron chi connectivity index (χ0n) is 18.3. The number of benzene rings is 1. The number of carbonyl (C=O) groups excluding carboxylic acids is 6. The standard InChI is InChI=1S/C21H22Cl2N4O8/c22-12-6-10(7-13(23)18(12)32)19(33)25-14-3-4-16(29)26-5-1-2-15(27(26)21(14)35)20(34)24-11(9-28)8-17(30)31/h6-7,9,11,14-15,32H,1-5,8H2,(H,24,34)(H,25,33)(H,30,31)/p+1/t11-,14-,15-/m0/s1. The lowest BCUT2D eigenvalue weighted by atomic mass is 10.0. The van der Waals surface area contributed by atoms with E-state index in [0.717, 1.165) is 10.0 Å². The predicted octanol–water partition coefficient (Wildman–Crippen LogP) is -0.349. The number of carbonyl (C=O) groups is 6.